The van der Waals surface area contributed by atoms with Gasteiger partial charge in [0.1, 0.15) is 0 Å². The molecule has 0 unspecified atom stereocenters. The first kappa shape index (κ1) is 12.6. The number of pyridine rings is 1. The number of aromatic amines is 1. The van der Waals surface area contributed by atoms with Gasteiger partial charge in [-0.2, -0.15) is 0 Å². The fourth-order valence-electron chi connectivity index (χ4n) is 2.27. The Morgan fingerprint density at radius 1 is 1.39 bits per heavy atom. The minimum Gasteiger partial charge on any atom is -0.304 e. The summed E-state index contributed by atoms with van der Waals surface area (Å²) in [5, 5.41) is 0. The van der Waals surface area contributed by atoms with E-state index < -0.39 is 0 Å². The first-order valence-corrected chi connectivity index (χ1v) is 6.45. The Morgan fingerprint density at radius 2 is 2.11 bits per heavy atom. The van der Waals surface area contributed by atoms with Gasteiger partial charge in [0.2, 0.25) is 0 Å². The molecule has 96 valence electrons. The van der Waals surface area contributed by atoms with Crippen LogP contribution in [-0.4, -0.2) is 14.5 Å². The third-order valence-electron chi connectivity index (χ3n) is 3.23. The molecule has 0 radical (unpaired) electrons. The van der Waals surface area contributed by atoms with Crippen molar-refractivity contribution in [1.82, 2.24) is 14.5 Å². The number of allylic oxidation sites excluding steroid dienone is 1. The van der Waals surface area contributed by atoms with Gasteiger partial charge in [-0.25, -0.2) is 9.78 Å². The first-order valence-electron chi connectivity index (χ1n) is 6.45. The van der Waals surface area contributed by atoms with Crippen LogP contribution in [0.5, 0.6) is 0 Å². The number of hydrogen-bond acceptors (Lipinski definition) is 2. The van der Waals surface area contributed by atoms with Gasteiger partial charge < -0.3 is 4.98 Å². The van der Waals surface area contributed by atoms with E-state index >= 15 is 0 Å². The Morgan fingerprint density at radius 3 is 2.72 bits per heavy atom. The summed E-state index contributed by atoms with van der Waals surface area (Å²) in [6, 6.07) is 4.03. The molecule has 2 rings (SSSR count). The van der Waals surface area contributed by atoms with Crippen molar-refractivity contribution in [3.05, 3.63) is 34.4 Å². The number of aromatic nitrogens is 3. The van der Waals surface area contributed by atoms with Gasteiger partial charge in [0, 0.05) is 6.04 Å². The molecule has 2 aromatic rings. The van der Waals surface area contributed by atoms with Crippen molar-refractivity contribution in [2.75, 3.05) is 0 Å². The lowest BCUT2D eigenvalue weighted by Gasteiger charge is -2.13. The summed E-state index contributed by atoms with van der Waals surface area (Å²) in [6.07, 6.45) is 5.74. The van der Waals surface area contributed by atoms with Crippen molar-refractivity contribution in [3.8, 4) is 0 Å². The van der Waals surface area contributed by atoms with Gasteiger partial charge in [0.05, 0.1) is 11.2 Å². The molecule has 0 amide bonds. The molecule has 0 aromatic carbocycles. The zero-order valence-electron chi connectivity index (χ0n) is 11.1. The molecule has 0 saturated carbocycles. The molecule has 0 aliphatic heterocycles. The summed E-state index contributed by atoms with van der Waals surface area (Å²) in [5.41, 5.74) is 2.37. The lowest BCUT2D eigenvalue weighted by molar-refractivity contribution is 0.469. The van der Waals surface area contributed by atoms with Crippen LogP contribution in [0.25, 0.3) is 17.2 Å². The fourth-order valence-corrected chi connectivity index (χ4v) is 2.27. The fraction of sp³-hybridized carbons (Fsp3) is 0.429. The second-order valence-corrected chi connectivity index (χ2v) is 4.38. The number of rotatable bonds is 4. The molecule has 0 aliphatic carbocycles. The highest BCUT2D eigenvalue weighted by Crippen LogP contribution is 2.19. The van der Waals surface area contributed by atoms with Gasteiger partial charge in [-0.05, 0) is 38.0 Å². The van der Waals surface area contributed by atoms with Crippen LogP contribution < -0.4 is 5.69 Å². The summed E-state index contributed by atoms with van der Waals surface area (Å²) in [4.78, 5) is 19.4. The van der Waals surface area contributed by atoms with Crippen molar-refractivity contribution in [1.29, 1.82) is 0 Å². The summed E-state index contributed by atoms with van der Waals surface area (Å²) in [7, 11) is 0. The maximum absolute atomic E-state index is 12.0. The maximum atomic E-state index is 12.0. The Bertz CT molecular complexity index is 617. The van der Waals surface area contributed by atoms with E-state index in [2.05, 4.69) is 23.8 Å². The maximum Gasteiger partial charge on any atom is 0.327 e. The first-order chi connectivity index (χ1) is 8.71. The van der Waals surface area contributed by atoms with Gasteiger partial charge >= 0.3 is 5.69 Å². The average Bonchev–Trinajstić information content (AvgIpc) is 2.68. The van der Waals surface area contributed by atoms with Crippen LogP contribution in [0.4, 0.5) is 0 Å². The predicted octanol–water partition coefficient (Wildman–Crippen LogP) is 3.12. The molecule has 0 bridgehead atoms. The zero-order valence-corrected chi connectivity index (χ0v) is 11.1. The third-order valence-corrected chi connectivity index (χ3v) is 3.23. The molecule has 0 fully saturated rings. The highest BCUT2D eigenvalue weighted by molar-refractivity contribution is 5.72. The number of hydrogen-bond donors (Lipinski definition) is 1. The monoisotopic (exact) mass is 245 g/mol. The molecule has 2 aromatic heterocycles. The summed E-state index contributed by atoms with van der Waals surface area (Å²) >= 11 is 0. The SMILES string of the molecule is CC=Cc1ccc2[nH]c(=O)n(C(CC)CC)c2n1. The average molecular weight is 245 g/mol. The second-order valence-electron chi connectivity index (χ2n) is 4.38. The predicted molar refractivity (Wildman–Crippen MR) is 74.7 cm³/mol. The van der Waals surface area contributed by atoms with Crippen molar-refractivity contribution in [2.24, 2.45) is 0 Å². The molecular formula is C14H19N3O. The second kappa shape index (κ2) is 5.21. The van der Waals surface area contributed by atoms with Crippen molar-refractivity contribution in [3.63, 3.8) is 0 Å². The normalized spacial score (nSPS) is 12.0. The van der Waals surface area contributed by atoms with Crippen LogP contribution in [0, 0.1) is 0 Å². The standard InChI is InChI=1S/C14H19N3O/c1-4-7-10-8-9-12-13(15-10)17(14(18)16-12)11(5-2)6-3/h4,7-9,11H,5-6H2,1-3H3,(H,16,18). The van der Waals surface area contributed by atoms with E-state index in [1.807, 2.05) is 31.2 Å². The largest absolute Gasteiger partial charge is 0.327 e. The van der Waals surface area contributed by atoms with Crippen molar-refractivity contribution >= 4 is 17.2 Å². The molecule has 4 heteroatoms. The summed E-state index contributed by atoms with van der Waals surface area (Å²) in [6.45, 7) is 6.14. The highest BCUT2D eigenvalue weighted by Gasteiger charge is 2.15. The molecule has 0 saturated heterocycles. The summed E-state index contributed by atoms with van der Waals surface area (Å²) in [5.74, 6) is 0. The van der Waals surface area contributed by atoms with E-state index in [-0.39, 0.29) is 11.7 Å². The topological polar surface area (TPSA) is 50.7 Å². The molecule has 0 spiro atoms. The Balaban J connectivity index is 2.67. The number of imidazole rings is 1. The number of fused-ring (bicyclic) bond motifs is 1. The van der Waals surface area contributed by atoms with Crippen LogP contribution >= 0.6 is 0 Å². The molecule has 2 heterocycles. The molecular weight excluding hydrogens is 226 g/mol. The smallest absolute Gasteiger partial charge is 0.304 e. The Labute approximate surface area is 106 Å². The molecule has 0 atom stereocenters. The van der Waals surface area contributed by atoms with E-state index in [1.165, 1.54) is 0 Å². The minimum atomic E-state index is -0.0659. The summed E-state index contributed by atoms with van der Waals surface area (Å²) < 4.78 is 1.78. The molecule has 1 N–H and O–H groups in total. The van der Waals surface area contributed by atoms with E-state index in [0.29, 0.717) is 0 Å². The van der Waals surface area contributed by atoms with Crippen LogP contribution in [-0.2, 0) is 0 Å². The highest BCUT2D eigenvalue weighted by atomic mass is 16.1. The van der Waals surface area contributed by atoms with Crippen molar-refractivity contribution in [2.45, 2.75) is 39.7 Å². The molecule has 18 heavy (non-hydrogen) atoms. The van der Waals surface area contributed by atoms with Crippen molar-refractivity contribution < 1.29 is 0 Å². The van der Waals surface area contributed by atoms with Crippen LogP contribution in [0.3, 0.4) is 0 Å². The molecule has 0 aliphatic rings. The van der Waals surface area contributed by atoms with Gasteiger partial charge in [-0.15, -0.1) is 0 Å². The lowest BCUT2D eigenvalue weighted by Crippen LogP contribution is -2.21. The lowest BCUT2D eigenvalue weighted by atomic mass is 10.2. The Hall–Kier alpha value is -1.84. The zero-order chi connectivity index (χ0) is 13.1. The third kappa shape index (κ3) is 2.10. The van der Waals surface area contributed by atoms with E-state index in [4.69, 9.17) is 0 Å². The minimum absolute atomic E-state index is 0.0659. The van der Waals surface area contributed by atoms with Gasteiger partial charge in [-0.3, -0.25) is 4.57 Å². The van der Waals surface area contributed by atoms with Gasteiger partial charge in [-0.1, -0.05) is 19.9 Å². The number of nitrogens with one attached hydrogen (secondary N) is 1. The molecule has 4 nitrogen and oxygen atoms in total. The number of H-pyrrole nitrogens is 1. The Kier molecular flexibility index (Phi) is 3.65. The van der Waals surface area contributed by atoms with Crippen LogP contribution in [0.1, 0.15) is 45.3 Å². The van der Waals surface area contributed by atoms with Crippen LogP contribution in [0.15, 0.2) is 23.0 Å². The van der Waals surface area contributed by atoms with E-state index in [0.717, 1.165) is 29.7 Å². The van der Waals surface area contributed by atoms with Gasteiger partial charge in [0.15, 0.2) is 5.65 Å². The quantitative estimate of drug-likeness (QED) is 0.899. The van der Waals surface area contributed by atoms with Gasteiger partial charge in [0.25, 0.3) is 0 Å². The van der Waals surface area contributed by atoms with E-state index in [9.17, 15) is 4.79 Å². The van der Waals surface area contributed by atoms with E-state index in [1.54, 1.807) is 4.57 Å². The van der Waals surface area contributed by atoms with Crippen LogP contribution in [0.2, 0.25) is 0 Å². The number of nitrogens with zero attached hydrogens (tertiary/aromatic N) is 2.